The summed E-state index contributed by atoms with van der Waals surface area (Å²) in [6.45, 7) is 0. The van der Waals surface area contributed by atoms with Crippen molar-refractivity contribution in [2.24, 2.45) is 7.05 Å². The Bertz CT molecular complexity index is 1130. The molecule has 106 valence electrons. The molecule has 0 aliphatic rings. The summed E-state index contributed by atoms with van der Waals surface area (Å²) in [5, 5.41) is 18.4. The molecule has 22 heavy (non-hydrogen) atoms. The van der Waals surface area contributed by atoms with Crippen LogP contribution in [0.5, 0.6) is 0 Å². The second-order valence-electron chi connectivity index (χ2n) is 5.06. The number of benzene rings is 1. The first-order valence-electron chi connectivity index (χ1n) is 6.79. The average molecular weight is 290 g/mol. The highest BCUT2D eigenvalue weighted by Gasteiger charge is 2.18. The van der Waals surface area contributed by atoms with Crippen LogP contribution in [-0.2, 0) is 7.05 Å². The normalized spacial score (nSPS) is 11.9. The van der Waals surface area contributed by atoms with Gasteiger partial charge >= 0.3 is 0 Å². The second-order valence-corrected chi connectivity index (χ2v) is 5.06. The summed E-state index contributed by atoms with van der Waals surface area (Å²) in [7, 11) is 1.87. The van der Waals surface area contributed by atoms with Gasteiger partial charge in [0.15, 0.2) is 11.5 Å². The van der Waals surface area contributed by atoms with Gasteiger partial charge in [0.25, 0.3) is 0 Å². The molecule has 4 aromatic heterocycles. The lowest BCUT2D eigenvalue weighted by molar-refractivity contribution is 0.749. The van der Waals surface area contributed by atoms with Gasteiger partial charge in [0.1, 0.15) is 11.8 Å². The van der Waals surface area contributed by atoms with E-state index in [1.165, 1.54) is 6.33 Å². The van der Waals surface area contributed by atoms with E-state index in [4.69, 9.17) is 0 Å². The Kier molecular flexibility index (Phi) is 2.01. The number of hydrogen-bond acceptors (Lipinski definition) is 5. The van der Waals surface area contributed by atoms with Crippen LogP contribution in [0, 0.1) is 0 Å². The molecule has 5 rings (SSSR count). The SMILES string of the molecule is Cn1cc2c(n1)c1nnc(-c3ccccc3)n1n1ncnc21. The molecule has 4 heterocycles. The molecule has 0 atom stereocenters. The zero-order chi connectivity index (χ0) is 14.7. The average Bonchev–Trinajstić information content (AvgIpc) is 3.23. The van der Waals surface area contributed by atoms with Gasteiger partial charge in [0.05, 0.1) is 5.39 Å². The van der Waals surface area contributed by atoms with E-state index in [0.717, 1.165) is 22.1 Å². The second kappa shape index (κ2) is 3.88. The summed E-state index contributed by atoms with van der Waals surface area (Å²) in [6.07, 6.45) is 3.44. The molecule has 0 radical (unpaired) electrons. The minimum Gasteiger partial charge on any atom is -0.274 e. The Morgan fingerprint density at radius 3 is 2.73 bits per heavy atom. The molecular formula is C14H10N8. The van der Waals surface area contributed by atoms with Crippen molar-refractivity contribution in [1.82, 2.24) is 39.2 Å². The Labute approximate surface area is 123 Å². The molecule has 0 spiro atoms. The molecule has 8 nitrogen and oxygen atoms in total. The molecule has 0 N–H and O–H groups in total. The Morgan fingerprint density at radius 2 is 1.86 bits per heavy atom. The molecule has 0 aliphatic heterocycles. The van der Waals surface area contributed by atoms with Crippen LogP contribution in [0.15, 0.2) is 42.9 Å². The van der Waals surface area contributed by atoms with Crippen LogP contribution in [-0.4, -0.2) is 39.2 Å². The van der Waals surface area contributed by atoms with Crippen LogP contribution in [0.25, 0.3) is 33.6 Å². The fraction of sp³-hybridized carbons (Fsp3) is 0.0714. The number of aryl methyl sites for hydroxylation is 1. The molecule has 0 amide bonds. The molecular weight excluding hydrogens is 280 g/mol. The first-order chi connectivity index (χ1) is 10.8. The van der Waals surface area contributed by atoms with E-state index in [1.54, 1.807) is 9.31 Å². The lowest BCUT2D eigenvalue weighted by atomic mass is 10.2. The van der Waals surface area contributed by atoms with Gasteiger partial charge in [-0.1, -0.05) is 30.3 Å². The van der Waals surface area contributed by atoms with Gasteiger partial charge in [-0.15, -0.1) is 19.9 Å². The number of fused-ring (bicyclic) bond motifs is 6. The van der Waals surface area contributed by atoms with Crippen molar-refractivity contribution in [3.05, 3.63) is 42.9 Å². The standard InChI is InChI=1S/C14H10N8/c1-20-7-10-11(19-20)14-18-17-12(9-5-3-2-4-6-9)21(14)22-13(10)15-8-16-22/h2-8H,1H3. The Balaban J connectivity index is 2.04. The first kappa shape index (κ1) is 11.4. The third-order valence-corrected chi connectivity index (χ3v) is 3.67. The predicted octanol–water partition coefficient (Wildman–Crippen LogP) is 1.33. The van der Waals surface area contributed by atoms with Crippen molar-refractivity contribution in [3.63, 3.8) is 0 Å². The molecule has 0 fully saturated rings. The largest absolute Gasteiger partial charge is 0.274 e. The smallest absolute Gasteiger partial charge is 0.206 e. The van der Waals surface area contributed by atoms with Crippen LogP contribution in [0.1, 0.15) is 0 Å². The van der Waals surface area contributed by atoms with Gasteiger partial charge in [-0.05, 0) is 0 Å². The Morgan fingerprint density at radius 1 is 1.00 bits per heavy atom. The monoisotopic (exact) mass is 290 g/mol. The van der Waals surface area contributed by atoms with Crippen LogP contribution in [0.2, 0.25) is 0 Å². The molecule has 8 heteroatoms. The fourth-order valence-electron chi connectivity index (χ4n) is 2.75. The van der Waals surface area contributed by atoms with Gasteiger partial charge < -0.3 is 0 Å². The van der Waals surface area contributed by atoms with Crippen molar-refractivity contribution in [3.8, 4) is 11.4 Å². The maximum absolute atomic E-state index is 4.49. The van der Waals surface area contributed by atoms with Gasteiger partial charge in [-0.2, -0.15) is 9.61 Å². The third-order valence-electron chi connectivity index (χ3n) is 3.67. The van der Waals surface area contributed by atoms with Gasteiger partial charge in [-0.3, -0.25) is 4.68 Å². The zero-order valence-corrected chi connectivity index (χ0v) is 11.6. The molecule has 0 saturated heterocycles. The first-order valence-corrected chi connectivity index (χ1v) is 6.79. The van der Waals surface area contributed by atoms with Gasteiger partial charge in [0.2, 0.25) is 5.65 Å². The van der Waals surface area contributed by atoms with E-state index in [0.29, 0.717) is 11.5 Å². The lowest BCUT2D eigenvalue weighted by Crippen LogP contribution is -2.04. The Hall–Kier alpha value is -3.29. The molecule has 0 unspecified atom stereocenters. The molecule has 1 aromatic carbocycles. The minimum atomic E-state index is 0.660. The highest BCUT2D eigenvalue weighted by atomic mass is 15.5. The molecule has 0 bridgehead atoms. The van der Waals surface area contributed by atoms with Crippen LogP contribution in [0.4, 0.5) is 0 Å². The van der Waals surface area contributed by atoms with Crippen molar-refractivity contribution >= 4 is 22.2 Å². The van der Waals surface area contributed by atoms with Gasteiger partial charge in [0, 0.05) is 18.8 Å². The summed E-state index contributed by atoms with van der Waals surface area (Å²) in [5.74, 6) is 0.707. The number of nitrogens with zero attached hydrogens (tertiary/aromatic N) is 8. The summed E-state index contributed by atoms with van der Waals surface area (Å²) in [5.41, 5.74) is 3.11. The van der Waals surface area contributed by atoms with Gasteiger partial charge in [-0.25, -0.2) is 4.98 Å². The molecule has 5 aromatic rings. The maximum atomic E-state index is 4.49. The van der Waals surface area contributed by atoms with E-state index < -0.39 is 0 Å². The highest BCUT2D eigenvalue weighted by Crippen LogP contribution is 2.24. The summed E-state index contributed by atoms with van der Waals surface area (Å²) < 4.78 is 5.30. The van der Waals surface area contributed by atoms with E-state index in [-0.39, 0.29) is 0 Å². The van der Waals surface area contributed by atoms with Crippen molar-refractivity contribution in [2.45, 2.75) is 0 Å². The minimum absolute atomic E-state index is 0.660. The topological polar surface area (TPSA) is 78.2 Å². The fourth-order valence-corrected chi connectivity index (χ4v) is 2.75. The quantitative estimate of drug-likeness (QED) is 0.465. The predicted molar refractivity (Wildman–Crippen MR) is 79.2 cm³/mol. The van der Waals surface area contributed by atoms with Crippen LogP contribution < -0.4 is 0 Å². The van der Waals surface area contributed by atoms with Crippen LogP contribution in [0.3, 0.4) is 0 Å². The van der Waals surface area contributed by atoms with Crippen molar-refractivity contribution < 1.29 is 0 Å². The van der Waals surface area contributed by atoms with Crippen molar-refractivity contribution in [1.29, 1.82) is 0 Å². The number of hydrogen-bond donors (Lipinski definition) is 0. The maximum Gasteiger partial charge on any atom is 0.206 e. The summed E-state index contributed by atoms with van der Waals surface area (Å²) in [4.78, 5) is 4.35. The molecule has 0 aliphatic carbocycles. The highest BCUT2D eigenvalue weighted by molar-refractivity contribution is 5.98. The zero-order valence-electron chi connectivity index (χ0n) is 11.6. The van der Waals surface area contributed by atoms with Crippen molar-refractivity contribution in [2.75, 3.05) is 0 Å². The van der Waals surface area contributed by atoms with E-state index in [2.05, 4.69) is 25.4 Å². The number of aromatic nitrogens is 8. The van der Waals surface area contributed by atoms with E-state index in [1.807, 2.05) is 48.1 Å². The van der Waals surface area contributed by atoms with E-state index >= 15 is 0 Å². The summed E-state index contributed by atoms with van der Waals surface area (Å²) >= 11 is 0. The third kappa shape index (κ3) is 1.33. The molecule has 0 saturated carbocycles. The van der Waals surface area contributed by atoms with Crippen LogP contribution >= 0.6 is 0 Å². The van der Waals surface area contributed by atoms with E-state index in [9.17, 15) is 0 Å². The number of rotatable bonds is 1. The summed E-state index contributed by atoms with van der Waals surface area (Å²) in [6, 6.07) is 9.88. The lowest BCUT2D eigenvalue weighted by Gasteiger charge is -2.02.